The third kappa shape index (κ3) is 6.03. The minimum atomic E-state index is -0.526. The number of nitrogens with two attached hydrogens (primary N) is 4. The lowest BCUT2D eigenvalue weighted by Crippen LogP contribution is -2.96. The number of primary amides is 1. The smallest absolute Gasteiger partial charge is 0.281 e. The van der Waals surface area contributed by atoms with Gasteiger partial charge in [0, 0.05) is 19.0 Å². The Morgan fingerprint density at radius 1 is 1.06 bits per heavy atom. The summed E-state index contributed by atoms with van der Waals surface area (Å²) in [5, 5.41) is 4.69. The van der Waals surface area contributed by atoms with Crippen LogP contribution in [0.4, 0.5) is 0 Å². The molecule has 9 heteroatoms. The lowest BCUT2D eigenvalue weighted by atomic mass is 9.82. The van der Waals surface area contributed by atoms with E-state index >= 15 is 0 Å². The summed E-state index contributed by atoms with van der Waals surface area (Å²) in [5.41, 5.74) is 18.4. The van der Waals surface area contributed by atoms with Gasteiger partial charge in [-0.2, -0.15) is 0 Å². The predicted octanol–water partition coefficient (Wildman–Crippen LogP) is -1.18. The molecule has 1 aliphatic heterocycles. The van der Waals surface area contributed by atoms with Gasteiger partial charge >= 0.3 is 0 Å². The van der Waals surface area contributed by atoms with E-state index in [0.29, 0.717) is 19.5 Å². The summed E-state index contributed by atoms with van der Waals surface area (Å²) in [6, 6.07) is 6.63. The third-order valence-corrected chi connectivity index (χ3v) is 6.45. The molecular formula is C22H35N6O3+. The highest BCUT2D eigenvalue weighted by Gasteiger charge is 2.44. The minimum absolute atomic E-state index is 0.0548. The van der Waals surface area contributed by atoms with Crippen molar-refractivity contribution in [2.24, 2.45) is 23.1 Å². The van der Waals surface area contributed by atoms with Gasteiger partial charge in [0.25, 0.3) is 11.8 Å². The minimum Gasteiger partial charge on any atom is -0.365 e. The molecule has 0 unspecified atom stereocenters. The zero-order valence-electron chi connectivity index (χ0n) is 18.0. The van der Waals surface area contributed by atoms with Gasteiger partial charge in [-0.15, -0.1) is 0 Å². The van der Waals surface area contributed by atoms with Crippen molar-refractivity contribution in [2.45, 2.75) is 63.3 Å². The molecule has 1 aliphatic carbocycles. The van der Waals surface area contributed by atoms with E-state index in [1.165, 1.54) is 6.42 Å². The molecule has 3 amide bonds. The lowest BCUT2D eigenvalue weighted by molar-refractivity contribution is -0.674. The van der Waals surface area contributed by atoms with Gasteiger partial charge in [-0.25, -0.2) is 0 Å². The normalized spacial score (nSPS) is 20.2. The van der Waals surface area contributed by atoms with Crippen LogP contribution in [-0.4, -0.2) is 47.8 Å². The van der Waals surface area contributed by atoms with E-state index in [1.54, 1.807) is 10.2 Å². The summed E-state index contributed by atoms with van der Waals surface area (Å²) < 4.78 is 0. The van der Waals surface area contributed by atoms with Crippen molar-refractivity contribution in [3.8, 4) is 0 Å². The fourth-order valence-electron chi connectivity index (χ4n) is 4.51. The molecule has 1 aromatic carbocycles. The molecule has 170 valence electrons. The molecule has 9 N–H and O–H groups in total. The van der Waals surface area contributed by atoms with Gasteiger partial charge in [-0.1, -0.05) is 43.5 Å². The zero-order chi connectivity index (χ0) is 22.4. The summed E-state index contributed by atoms with van der Waals surface area (Å²) in [4.78, 5) is 38.9. The van der Waals surface area contributed by atoms with E-state index in [0.717, 1.165) is 36.8 Å². The molecule has 2 aliphatic rings. The molecule has 1 heterocycles. The van der Waals surface area contributed by atoms with Gasteiger partial charge in [0.2, 0.25) is 5.91 Å². The van der Waals surface area contributed by atoms with E-state index in [4.69, 9.17) is 17.2 Å². The van der Waals surface area contributed by atoms with Gasteiger partial charge in [0.05, 0.1) is 6.17 Å². The van der Waals surface area contributed by atoms with Crippen LogP contribution in [-0.2, 0) is 20.9 Å². The molecule has 2 fully saturated rings. The number of benzene rings is 1. The molecule has 0 radical (unpaired) electrons. The topological polar surface area (TPSA) is 161 Å². The number of nitrogens with zero attached hydrogens (tertiary/aromatic N) is 1. The molecule has 31 heavy (non-hydrogen) atoms. The van der Waals surface area contributed by atoms with Crippen molar-refractivity contribution in [3.05, 3.63) is 35.4 Å². The van der Waals surface area contributed by atoms with Crippen molar-refractivity contribution in [2.75, 3.05) is 13.1 Å². The standard InChI is InChI=1S/C22H34N6O3/c23-18(29)13-26-19(15-4-2-1-3-5-15)22(31)28-11-10-17(28)21(30)27-12-14-6-8-16(9-7-14)20(24)25/h6-9,15,17,19-20,26H,1-5,10-13,24-25H2,(H2,23,29)(H,27,30)/p+1/t17-,19+/m0/s1. The summed E-state index contributed by atoms with van der Waals surface area (Å²) >= 11 is 0. The van der Waals surface area contributed by atoms with Crippen LogP contribution in [0.3, 0.4) is 0 Å². The number of hydrogen-bond donors (Lipinski definition) is 5. The second kappa shape index (κ2) is 10.7. The van der Waals surface area contributed by atoms with Gasteiger partial charge in [-0.3, -0.25) is 14.4 Å². The molecule has 9 nitrogen and oxygen atoms in total. The highest BCUT2D eigenvalue weighted by Crippen LogP contribution is 2.28. The maximum absolute atomic E-state index is 13.3. The number of rotatable bonds is 9. The van der Waals surface area contributed by atoms with Crippen LogP contribution in [0.1, 0.15) is 55.8 Å². The first-order valence-electron chi connectivity index (χ1n) is 11.2. The summed E-state index contributed by atoms with van der Waals surface area (Å²) in [6.45, 7) is 1.02. The number of carbonyl (C=O) groups is 3. The maximum Gasteiger partial charge on any atom is 0.281 e. The Morgan fingerprint density at radius 2 is 1.74 bits per heavy atom. The van der Waals surface area contributed by atoms with Crippen molar-refractivity contribution < 1.29 is 19.7 Å². The van der Waals surface area contributed by atoms with Crippen LogP contribution in [0.15, 0.2) is 24.3 Å². The van der Waals surface area contributed by atoms with Crippen molar-refractivity contribution in [3.63, 3.8) is 0 Å². The Balaban J connectivity index is 1.57. The monoisotopic (exact) mass is 431 g/mol. The third-order valence-electron chi connectivity index (χ3n) is 6.45. The number of quaternary nitrogens is 1. The summed E-state index contributed by atoms with van der Waals surface area (Å²) in [6.07, 6.45) is 5.43. The summed E-state index contributed by atoms with van der Waals surface area (Å²) in [7, 11) is 0. The molecule has 3 rings (SSSR count). The fraction of sp³-hybridized carbons (Fsp3) is 0.591. The van der Waals surface area contributed by atoms with Gasteiger partial charge in [0.1, 0.15) is 6.04 Å². The molecule has 1 saturated heterocycles. The highest BCUT2D eigenvalue weighted by molar-refractivity contribution is 5.91. The van der Waals surface area contributed by atoms with Crippen LogP contribution >= 0.6 is 0 Å². The average molecular weight is 432 g/mol. The SMILES string of the molecule is NC(=O)C[NH2+][C@@H](C(=O)N1CC[C@H]1C(=O)NCc1ccc(C(N)N)cc1)C1CCCCC1. The van der Waals surface area contributed by atoms with Gasteiger partial charge in [-0.05, 0) is 30.4 Å². The van der Waals surface area contributed by atoms with E-state index in [1.807, 2.05) is 24.3 Å². The van der Waals surface area contributed by atoms with Crippen molar-refractivity contribution >= 4 is 17.7 Å². The molecule has 0 bridgehead atoms. The number of likely N-dealkylation sites (tertiary alicyclic amines) is 1. The zero-order valence-corrected chi connectivity index (χ0v) is 18.0. The number of hydrogen-bond acceptors (Lipinski definition) is 5. The van der Waals surface area contributed by atoms with Gasteiger partial charge in [0.15, 0.2) is 12.6 Å². The molecule has 0 aromatic heterocycles. The maximum atomic E-state index is 13.3. The van der Waals surface area contributed by atoms with E-state index in [-0.39, 0.29) is 30.3 Å². The highest BCUT2D eigenvalue weighted by atomic mass is 16.2. The molecule has 1 saturated carbocycles. The van der Waals surface area contributed by atoms with E-state index in [2.05, 4.69) is 5.32 Å². The first-order chi connectivity index (χ1) is 14.9. The second-order valence-electron chi connectivity index (χ2n) is 8.65. The Bertz CT molecular complexity index is 776. The quantitative estimate of drug-likeness (QED) is 0.310. The second-order valence-corrected chi connectivity index (χ2v) is 8.65. The van der Waals surface area contributed by atoms with Crippen LogP contribution < -0.4 is 27.8 Å². The van der Waals surface area contributed by atoms with Crippen molar-refractivity contribution in [1.82, 2.24) is 10.2 Å². The largest absolute Gasteiger partial charge is 0.365 e. The molecule has 2 atom stereocenters. The van der Waals surface area contributed by atoms with E-state index < -0.39 is 18.1 Å². The fourth-order valence-corrected chi connectivity index (χ4v) is 4.51. The molecular weight excluding hydrogens is 396 g/mol. The first-order valence-corrected chi connectivity index (χ1v) is 11.2. The number of carbonyl (C=O) groups excluding carboxylic acids is 3. The van der Waals surface area contributed by atoms with Crippen LogP contribution in [0, 0.1) is 5.92 Å². The molecule has 0 spiro atoms. The average Bonchev–Trinajstić information content (AvgIpc) is 2.72. The molecule has 1 aromatic rings. The van der Waals surface area contributed by atoms with Gasteiger partial charge < -0.3 is 32.7 Å². The predicted molar refractivity (Wildman–Crippen MR) is 116 cm³/mol. The first kappa shape index (κ1) is 23.2. The lowest BCUT2D eigenvalue weighted by Gasteiger charge is -2.42. The Kier molecular flexibility index (Phi) is 8.00. The Hall–Kier alpha value is -2.49. The van der Waals surface area contributed by atoms with Crippen LogP contribution in [0.25, 0.3) is 0 Å². The van der Waals surface area contributed by atoms with Crippen LogP contribution in [0.2, 0.25) is 0 Å². The van der Waals surface area contributed by atoms with Crippen LogP contribution in [0.5, 0.6) is 0 Å². The Morgan fingerprint density at radius 3 is 2.29 bits per heavy atom. The number of nitrogens with one attached hydrogen (secondary N) is 1. The summed E-state index contributed by atoms with van der Waals surface area (Å²) in [5.74, 6) is -0.428. The van der Waals surface area contributed by atoms with Crippen molar-refractivity contribution in [1.29, 1.82) is 0 Å². The Labute approximate surface area is 183 Å². The van der Waals surface area contributed by atoms with E-state index in [9.17, 15) is 14.4 Å². The number of amides is 3.